The Morgan fingerprint density at radius 3 is 3.03 bits per heavy atom. The number of benzene rings is 1. The molecule has 0 aliphatic carbocycles. The van der Waals surface area contributed by atoms with Crippen molar-refractivity contribution in [2.24, 2.45) is 0 Å². The molecule has 3 aromatic heterocycles. The molecular formula is C23H26N6OS2. The lowest BCUT2D eigenvalue weighted by atomic mass is 10.0. The fraction of sp³-hybridized carbons (Fsp3) is 0.348. The third kappa shape index (κ3) is 4.33. The highest BCUT2D eigenvalue weighted by Crippen LogP contribution is 2.45. The first-order valence-corrected chi connectivity index (χ1v) is 12.5. The zero-order valence-electron chi connectivity index (χ0n) is 18.1. The number of anilines is 1. The Labute approximate surface area is 194 Å². The van der Waals surface area contributed by atoms with Gasteiger partial charge in [0, 0.05) is 54.1 Å². The number of rotatable bonds is 7. The Bertz CT molecular complexity index is 1240. The Balaban J connectivity index is 1.48. The summed E-state index contributed by atoms with van der Waals surface area (Å²) in [5.41, 5.74) is 4.42. The van der Waals surface area contributed by atoms with Gasteiger partial charge in [-0.3, -0.25) is 4.79 Å². The molecule has 7 nitrogen and oxygen atoms in total. The van der Waals surface area contributed by atoms with Gasteiger partial charge in [0.15, 0.2) is 0 Å². The summed E-state index contributed by atoms with van der Waals surface area (Å²) in [4.78, 5) is 23.1. The van der Waals surface area contributed by atoms with E-state index in [9.17, 15) is 4.79 Å². The van der Waals surface area contributed by atoms with Gasteiger partial charge in [-0.2, -0.15) is 0 Å². The SMILES string of the molecule is CC(C)NCCC(=O)Nc1sc2c(c1-c1nc3cc(-n4ccnc4)ccc3s1)CCNC2. The molecular weight excluding hydrogens is 440 g/mol. The molecule has 1 aliphatic rings. The van der Waals surface area contributed by atoms with Crippen molar-refractivity contribution in [3.63, 3.8) is 0 Å². The Morgan fingerprint density at radius 2 is 2.22 bits per heavy atom. The molecule has 1 aliphatic heterocycles. The van der Waals surface area contributed by atoms with E-state index in [1.54, 1.807) is 35.2 Å². The van der Waals surface area contributed by atoms with Crippen molar-refractivity contribution in [2.45, 2.75) is 39.3 Å². The molecule has 32 heavy (non-hydrogen) atoms. The lowest BCUT2D eigenvalue weighted by Crippen LogP contribution is -2.27. The fourth-order valence-corrected chi connectivity index (χ4v) is 6.23. The van der Waals surface area contributed by atoms with Crippen molar-refractivity contribution in [1.29, 1.82) is 0 Å². The van der Waals surface area contributed by atoms with Crippen LogP contribution in [0.3, 0.4) is 0 Å². The molecule has 0 spiro atoms. The molecule has 166 valence electrons. The van der Waals surface area contributed by atoms with Crippen LogP contribution in [0.1, 0.15) is 30.7 Å². The van der Waals surface area contributed by atoms with Crippen LogP contribution in [0.5, 0.6) is 0 Å². The number of imidazole rings is 1. The summed E-state index contributed by atoms with van der Waals surface area (Å²) in [6, 6.07) is 6.66. The minimum Gasteiger partial charge on any atom is -0.317 e. The molecule has 0 atom stereocenters. The van der Waals surface area contributed by atoms with Crippen LogP contribution in [0.4, 0.5) is 5.00 Å². The van der Waals surface area contributed by atoms with E-state index in [2.05, 4.69) is 53.0 Å². The summed E-state index contributed by atoms with van der Waals surface area (Å²) in [6.07, 6.45) is 6.89. The van der Waals surface area contributed by atoms with Crippen LogP contribution in [0, 0.1) is 0 Å². The fourth-order valence-electron chi connectivity index (χ4n) is 3.91. The molecule has 5 rings (SSSR count). The van der Waals surface area contributed by atoms with Crippen molar-refractivity contribution < 1.29 is 4.79 Å². The van der Waals surface area contributed by atoms with Crippen LogP contribution < -0.4 is 16.0 Å². The smallest absolute Gasteiger partial charge is 0.226 e. The first-order chi connectivity index (χ1) is 15.6. The van der Waals surface area contributed by atoms with Gasteiger partial charge in [-0.05, 0) is 36.7 Å². The van der Waals surface area contributed by atoms with E-state index < -0.39 is 0 Å². The summed E-state index contributed by atoms with van der Waals surface area (Å²) in [5, 5.41) is 11.8. The van der Waals surface area contributed by atoms with E-state index in [1.807, 2.05) is 10.8 Å². The van der Waals surface area contributed by atoms with E-state index in [4.69, 9.17) is 4.98 Å². The highest BCUT2D eigenvalue weighted by molar-refractivity contribution is 7.23. The minimum atomic E-state index is 0.0365. The third-order valence-corrected chi connectivity index (χ3v) is 7.67. The maximum absolute atomic E-state index is 12.7. The van der Waals surface area contributed by atoms with Crippen LogP contribution in [0.15, 0.2) is 36.9 Å². The minimum absolute atomic E-state index is 0.0365. The quantitative estimate of drug-likeness (QED) is 0.381. The number of nitrogens with zero attached hydrogens (tertiary/aromatic N) is 3. The topological polar surface area (TPSA) is 83.9 Å². The first kappa shape index (κ1) is 21.3. The molecule has 1 amide bonds. The van der Waals surface area contributed by atoms with E-state index in [-0.39, 0.29) is 5.91 Å². The van der Waals surface area contributed by atoms with Gasteiger partial charge >= 0.3 is 0 Å². The maximum Gasteiger partial charge on any atom is 0.226 e. The van der Waals surface area contributed by atoms with E-state index >= 15 is 0 Å². The molecule has 0 fully saturated rings. The molecule has 3 N–H and O–H groups in total. The van der Waals surface area contributed by atoms with Crippen LogP contribution in [-0.4, -0.2) is 39.6 Å². The van der Waals surface area contributed by atoms with Crippen molar-refractivity contribution in [3.8, 4) is 16.3 Å². The largest absolute Gasteiger partial charge is 0.317 e. The number of fused-ring (bicyclic) bond motifs is 2. The molecule has 9 heteroatoms. The normalized spacial score (nSPS) is 13.6. The number of aromatic nitrogens is 3. The van der Waals surface area contributed by atoms with Gasteiger partial charge in [0.2, 0.25) is 5.91 Å². The van der Waals surface area contributed by atoms with Gasteiger partial charge < -0.3 is 20.5 Å². The number of hydrogen-bond acceptors (Lipinski definition) is 7. The Hall–Kier alpha value is -2.59. The number of hydrogen-bond donors (Lipinski definition) is 3. The number of thiazole rings is 1. The predicted molar refractivity (Wildman–Crippen MR) is 132 cm³/mol. The number of thiophene rings is 1. The molecule has 0 saturated carbocycles. The van der Waals surface area contributed by atoms with Gasteiger partial charge in [-0.1, -0.05) is 13.8 Å². The van der Waals surface area contributed by atoms with Gasteiger partial charge in [0.05, 0.1) is 16.5 Å². The van der Waals surface area contributed by atoms with Crippen molar-refractivity contribution in [2.75, 3.05) is 18.4 Å². The number of amides is 1. The summed E-state index contributed by atoms with van der Waals surface area (Å²) in [7, 11) is 0. The first-order valence-electron chi connectivity index (χ1n) is 10.9. The summed E-state index contributed by atoms with van der Waals surface area (Å²) >= 11 is 3.36. The van der Waals surface area contributed by atoms with Crippen molar-refractivity contribution in [1.82, 2.24) is 25.2 Å². The summed E-state index contributed by atoms with van der Waals surface area (Å²) in [6.45, 7) is 6.62. The van der Waals surface area contributed by atoms with Crippen LogP contribution in [0.25, 0.3) is 26.5 Å². The van der Waals surface area contributed by atoms with Gasteiger partial charge in [-0.25, -0.2) is 9.97 Å². The third-order valence-electron chi connectivity index (χ3n) is 5.47. The molecule has 0 unspecified atom stereocenters. The van der Waals surface area contributed by atoms with Crippen LogP contribution >= 0.6 is 22.7 Å². The average Bonchev–Trinajstić information content (AvgIpc) is 3.50. The Morgan fingerprint density at radius 1 is 1.31 bits per heavy atom. The van der Waals surface area contributed by atoms with Gasteiger partial charge in [0.1, 0.15) is 10.0 Å². The highest BCUT2D eigenvalue weighted by atomic mass is 32.1. The number of nitrogens with one attached hydrogen (secondary N) is 3. The monoisotopic (exact) mass is 466 g/mol. The van der Waals surface area contributed by atoms with Crippen LogP contribution in [-0.2, 0) is 17.8 Å². The van der Waals surface area contributed by atoms with E-state index in [0.717, 1.165) is 51.0 Å². The predicted octanol–water partition coefficient (Wildman–Crippen LogP) is 4.18. The number of carbonyl (C=O) groups is 1. The molecule has 1 aromatic carbocycles. The molecule has 4 aromatic rings. The zero-order valence-corrected chi connectivity index (χ0v) is 19.8. The second kappa shape index (κ2) is 9.11. The lowest BCUT2D eigenvalue weighted by molar-refractivity contribution is -0.116. The standard InChI is InChI=1S/C23H26N6OS2/c1-14(2)26-8-6-20(30)28-23-21(16-5-7-24-12-19(16)32-23)22-27-17-11-15(3-4-18(17)31-22)29-10-9-25-13-29/h3-4,9-11,13-14,24,26H,5-8,12H2,1-2H3,(H,28,30). The van der Waals surface area contributed by atoms with Crippen molar-refractivity contribution in [3.05, 3.63) is 47.4 Å². The van der Waals surface area contributed by atoms with Gasteiger partial charge in [-0.15, -0.1) is 22.7 Å². The highest BCUT2D eigenvalue weighted by Gasteiger charge is 2.25. The zero-order chi connectivity index (χ0) is 22.1. The number of carbonyl (C=O) groups excluding carboxylic acids is 1. The Kier molecular flexibility index (Phi) is 6.05. The summed E-state index contributed by atoms with van der Waals surface area (Å²) < 4.78 is 3.11. The lowest BCUT2D eigenvalue weighted by Gasteiger charge is -2.13. The maximum atomic E-state index is 12.7. The second-order valence-electron chi connectivity index (χ2n) is 8.18. The molecule has 0 radical (unpaired) electrons. The van der Waals surface area contributed by atoms with E-state index in [1.165, 1.54) is 10.4 Å². The van der Waals surface area contributed by atoms with E-state index in [0.29, 0.717) is 19.0 Å². The average molecular weight is 467 g/mol. The molecule has 0 saturated heterocycles. The van der Waals surface area contributed by atoms with Crippen molar-refractivity contribution >= 4 is 43.8 Å². The second-order valence-corrected chi connectivity index (χ2v) is 10.3. The van der Waals surface area contributed by atoms with Gasteiger partial charge in [0.25, 0.3) is 0 Å². The summed E-state index contributed by atoms with van der Waals surface area (Å²) in [5.74, 6) is 0.0365. The molecule has 0 bridgehead atoms. The van der Waals surface area contributed by atoms with Crippen LogP contribution in [0.2, 0.25) is 0 Å². The molecule has 4 heterocycles.